The second kappa shape index (κ2) is 3.16. The number of hydrogen-bond acceptors (Lipinski definition) is 3. The van der Waals surface area contributed by atoms with E-state index in [1.165, 1.54) is 0 Å². The van der Waals surface area contributed by atoms with Crippen LogP contribution in [0, 0.1) is 0 Å². The van der Waals surface area contributed by atoms with E-state index >= 15 is 0 Å². The summed E-state index contributed by atoms with van der Waals surface area (Å²) in [4.78, 5) is 0. The molecule has 1 aromatic rings. The van der Waals surface area contributed by atoms with Crippen LogP contribution in [0.1, 0.15) is 31.4 Å². The van der Waals surface area contributed by atoms with E-state index in [0.29, 0.717) is 0 Å². The third kappa shape index (κ3) is 1.62. The molecule has 1 N–H and O–H groups in total. The van der Waals surface area contributed by atoms with Gasteiger partial charge in [-0.3, -0.25) is 0 Å². The molecule has 72 valence electrons. The Hall–Kier alpha value is -0.800. The molecule has 3 nitrogen and oxygen atoms in total. The highest BCUT2D eigenvalue weighted by Crippen LogP contribution is 2.38. The summed E-state index contributed by atoms with van der Waals surface area (Å²) < 4.78 is 10.7. The Morgan fingerprint density at radius 2 is 2.54 bits per heavy atom. The van der Waals surface area contributed by atoms with E-state index in [-0.39, 0.29) is 18.3 Å². The van der Waals surface area contributed by atoms with Crippen LogP contribution in [0.5, 0.6) is 0 Å². The quantitative estimate of drug-likeness (QED) is 0.759. The Kier molecular flexibility index (Phi) is 2.14. The molecule has 0 aliphatic carbocycles. The number of aliphatic hydroxyl groups is 1. The van der Waals surface area contributed by atoms with Crippen LogP contribution in [0.25, 0.3) is 0 Å². The van der Waals surface area contributed by atoms with E-state index in [9.17, 15) is 0 Å². The summed E-state index contributed by atoms with van der Waals surface area (Å²) in [5.74, 6) is 0. The molecule has 0 amide bonds. The first-order valence-electron chi connectivity index (χ1n) is 4.54. The maximum Gasteiger partial charge on any atom is 0.0960 e. The van der Waals surface area contributed by atoms with E-state index in [1.54, 1.807) is 12.5 Å². The molecule has 1 aliphatic rings. The average Bonchev–Trinajstić information content (AvgIpc) is 2.73. The van der Waals surface area contributed by atoms with E-state index in [4.69, 9.17) is 14.3 Å². The van der Waals surface area contributed by atoms with Gasteiger partial charge in [0.2, 0.25) is 0 Å². The van der Waals surface area contributed by atoms with Crippen molar-refractivity contribution in [1.82, 2.24) is 0 Å². The molecule has 0 spiro atoms. The van der Waals surface area contributed by atoms with Crippen LogP contribution < -0.4 is 0 Å². The number of furan rings is 1. The minimum absolute atomic E-state index is 0.0847. The minimum Gasteiger partial charge on any atom is -0.472 e. The largest absolute Gasteiger partial charge is 0.472 e. The summed E-state index contributed by atoms with van der Waals surface area (Å²) in [6, 6.07) is 1.91. The summed E-state index contributed by atoms with van der Waals surface area (Å²) in [6.45, 7) is 2.02. The molecule has 1 aliphatic heterocycles. The predicted octanol–water partition coefficient (Wildman–Crippen LogP) is 1.88. The second-order valence-electron chi connectivity index (χ2n) is 3.81. The zero-order chi connectivity index (χ0) is 9.31. The first-order valence-corrected chi connectivity index (χ1v) is 4.54. The monoisotopic (exact) mass is 182 g/mol. The zero-order valence-corrected chi connectivity index (χ0v) is 7.69. The molecule has 1 aromatic heterocycles. The summed E-state index contributed by atoms with van der Waals surface area (Å²) in [5, 5.41) is 9.09. The Labute approximate surface area is 77.3 Å². The molecule has 0 saturated carbocycles. The van der Waals surface area contributed by atoms with Crippen molar-refractivity contribution >= 4 is 0 Å². The summed E-state index contributed by atoms with van der Waals surface area (Å²) in [7, 11) is 0. The van der Waals surface area contributed by atoms with Crippen molar-refractivity contribution in [3.05, 3.63) is 24.2 Å². The maximum absolute atomic E-state index is 9.09. The summed E-state index contributed by atoms with van der Waals surface area (Å²) >= 11 is 0. The first kappa shape index (κ1) is 8.78. The number of hydrogen-bond donors (Lipinski definition) is 1. The van der Waals surface area contributed by atoms with Gasteiger partial charge in [0.1, 0.15) is 0 Å². The van der Waals surface area contributed by atoms with E-state index < -0.39 is 0 Å². The first-order chi connectivity index (χ1) is 6.23. The van der Waals surface area contributed by atoms with Gasteiger partial charge in [-0.25, -0.2) is 0 Å². The fraction of sp³-hybridized carbons (Fsp3) is 0.600. The molecule has 2 heterocycles. The standard InChI is InChI=1S/C10H14O3/c1-10(7-11)4-2-9(13-10)8-3-5-12-6-8/h3,5-6,9,11H,2,4,7H2,1H3/t9-,10+/m0/s1. The van der Waals surface area contributed by atoms with Gasteiger partial charge in [0.05, 0.1) is 30.8 Å². The highest BCUT2D eigenvalue weighted by atomic mass is 16.5. The van der Waals surface area contributed by atoms with Crippen LogP contribution in [0.2, 0.25) is 0 Å². The molecular weight excluding hydrogens is 168 g/mol. The van der Waals surface area contributed by atoms with Crippen LogP contribution >= 0.6 is 0 Å². The Bertz CT molecular complexity index is 268. The Morgan fingerprint density at radius 1 is 1.69 bits per heavy atom. The van der Waals surface area contributed by atoms with Crippen molar-refractivity contribution in [3.8, 4) is 0 Å². The summed E-state index contributed by atoms with van der Waals surface area (Å²) in [5.41, 5.74) is 0.708. The van der Waals surface area contributed by atoms with Crippen molar-refractivity contribution < 1.29 is 14.3 Å². The summed E-state index contributed by atoms with van der Waals surface area (Å²) in [6.07, 6.45) is 5.30. The lowest BCUT2D eigenvalue weighted by Gasteiger charge is -2.21. The molecule has 0 aromatic carbocycles. The van der Waals surface area contributed by atoms with Gasteiger partial charge in [-0.1, -0.05) is 0 Å². The third-order valence-corrected chi connectivity index (χ3v) is 2.61. The molecule has 3 heteroatoms. The van der Waals surface area contributed by atoms with Crippen LogP contribution in [-0.4, -0.2) is 17.3 Å². The number of aliphatic hydroxyl groups excluding tert-OH is 1. The molecule has 1 saturated heterocycles. The van der Waals surface area contributed by atoms with Gasteiger partial charge in [0.15, 0.2) is 0 Å². The van der Waals surface area contributed by atoms with Gasteiger partial charge in [-0.15, -0.1) is 0 Å². The lowest BCUT2D eigenvalue weighted by molar-refractivity contribution is -0.0619. The van der Waals surface area contributed by atoms with Gasteiger partial charge >= 0.3 is 0 Å². The highest BCUT2D eigenvalue weighted by Gasteiger charge is 2.36. The molecule has 2 rings (SSSR count). The molecule has 13 heavy (non-hydrogen) atoms. The molecule has 0 radical (unpaired) electrons. The van der Waals surface area contributed by atoms with Crippen molar-refractivity contribution in [2.45, 2.75) is 31.5 Å². The minimum atomic E-state index is -0.359. The molecule has 1 fully saturated rings. The zero-order valence-electron chi connectivity index (χ0n) is 7.69. The highest BCUT2D eigenvalue weighted by molar-refractivity contribution is 5.11. The maximum atomic E-state index is 9.09. The second-order valence-corrected chi connectivity index (χ2v) is 3.81. The fourth-order valence-electron chi connectivity index (χ4n) is 1.71. The van der Waals surface area contributed by atoms with Crippen molar-refractivity contribution in [1.29, 1.82) is 0 Å². The van der Waals surface area contributed by atoms with Crippen LogP contribution in [0.15, 0.2) is 23.0 Å². The van der Waals surface area contributed by atoms with Gasteiger partial charge < -0.3 is 14.3 Å². The van der Waals surface area contributed by atoms with Gasteiger partial charge in [0, 0.05) is 5.56 Å². The Morgan fingerprint density at radius 3 is 3.08 bits per heavy atom. The molecule has 2 atom stereocenters. The smallest absolute Gasteiger partial charge is 0.0960 e. The van der Waals surface area contributed by atoms with E-state index in [0.717, 1.165) is 18.4 Å². The molecular formula is C10H14O3. The van der Waals surface area contributed by atoms with Crippen molar-refractivity contribution in [2.75, 3.05) is 6.61 Å². The van der Waals surface area contributed by atoms with E-state index in [1.807, 2.05) is 13.0 Å². The van der Waals surface area contributed by atoms with Crippen LogP contribution in [0.3, 0.4) is 0 Å². The average molecular weight is 182 g/mol. The fourth-order valence-corrected chi connectivity index (χ4v) is 1.71. The Balaban J connectivity index is 2.07. The van der Waals surface area contributed by atoms with Crippen LogP contribution in [-0.2, 0) is 4.74 Å². The number of ether oxygens (including phenoxy) is 1. The van der Waals surface area contributed by atoms with Gasteiger partial charge in [0.25, 0.3) is 0 Å². The molecule has 0 unspecified atom stereocenters. The van der Waals surface area contributed by atoms with Gasteiger partial charge in [-0.2, -0.15) is 0 Å². The van der Waals surface area contributed by atoms with Crippen molar-refractivity contribution in [2.24, 2.45) is 0 Å². The molecule has 0 bridgehead atoms. The predicted molar refractivity (Wildman–Crippen MR) is 47.3 cm³/mol. The van der Waals surface area contributed by atoms with Crippen LogP contribution in [0.4, 0.5) is 0 Å². The topological polar surface area (TPSA) is 42.6 Å². The van der Waals surface area contributed by atoms with E-state index in [2.05, 4.69) is 0 Å². The normalized spacial score (nSPS) is 33.8. The lowest BCUT2D eigenvalue weighted by Crippen LogP contribution is -2.27. The SMILES string of the molecule is C[C@]1(CO)CC[C@@H](c2ccoc2)O1. The lowest BCUT2D eigenvalue weighted by atomic mass is 10.0. The number of rotatable bonds is 2. The third-order valence-electron chi connectivity index (χ3n) is 2.61. The van der Waals surface area contributed by atoms with Crippen molar-refractivity contribution in [3.63, 3.8) is 0 Å². The van der Waals surface area contributed by atoms with Gasteiger partial charge in [-0.05, 0) is 25.8 Å².